The predicted octanol–water partition coefficient (Wildman–Crippen LogP) is 4.59. The first-order valence-corrected chi connectivity index (χ1v) is 8.16. The van der Waals surface area contributed by atoms with Crippen LogP contribution < -0.4 is 9.64 Å². The molecule has 0 saturated heterocycles. The summed E-state index contributed by atoms with van der Waals surface area (Å²) in [6.45, 7) is 0.453. The molecule has 0 bridgehead atoms. The number of amides is 1. The largest absolute Gasteiger partial charge is 0.497 e. The van der Waals surface area contributed by atoms with Crippen molar-refractivity contribution in [1.82, 2.24) is 4.98 Å². The van der Waals surface area contributed by atoms with Crippen LogP contribution in [-0.4, -0.2) is 18.0 Å². The molecule has 0 spiro atoms. The molecule has 1 amide bonds. The molecule has 0 aliphatic rings. The summed E-state index contributed by atoms with van der Waals surface area (Å²) < 4.78 is 5.20. The van der Waals surface area contributed by atoms with Crippen LogP contribution >= 0.6 is 11.6 Å². The van der Waals surface area contributed by atoms with Crippen molar-refractivity contribution in [2.24, 2.45) is 0 Å². The topological polar surface area (TPSA) is 42.4 Å². The predicted molar refractivity (Wildman–Crippen MR) is 99.2 cm³/mol. The van der Waals surface area contributed by atoms with Gasteiger partial charge < -0.3 is 9.64 Å². The zero-order valence-corrected chi connectivity index (χ0v) is 14.5. The molecule has 0 aliphatic heterocycles. The van der Waals surface area contributed by atoms with Crippen molar-refractivity contribution in [2.75, 3.05) is 12.0 Å². The normalized spacial score (nSPS) is 10.3. The van der Waals surface area contributed by atoms with Gasteiger partial charge in [-0.3, -0.25) is 4.79 Å². The molecular weight excluding hydrogens is 336 g/mol. The van der Waals surface area contributed by atoms with E-state index >= 15 is 0 Å². The Kier molecular flexibility index (Phi) is 5.31. The van der Waals surface area contributed by atoms with Crippen LogP contribution in [0.25, 0.3) is 0 Å². The highest BCUT2D eigenvalue weighted by Gasteiger charge is 2.18. The molecular formula is C20H17ClN2O2. The lowest BCUT2D eigenvalue weighted by Crippen LogP contribution is -2.30. The number of halogens is 1. The highest BCUT2D eigenvalue weighted by molar-refractivity contribution is 6.29. The summed E-state index contributed by atoms with van der Waals surface area (Å²) in [4.78, 5) is 18.7. The van der Waals surface area contributed by atoms with E-state index in [0.29, 0.717) is 17.3 Å². The van der Waals surface area contributed by atoms with Gasteiger partial charge in [0, 0.05) is 11.9 Å². The highest BCUT2D eigenvalue weighted by Crippen LogP contribution is 2.23. The summed E-state index contributed by atoms with van der Waals surface area (Å²) in [7, 11) is 1.61. The lowest BCUT2D eigenvalue weighted by Gasteiger charge is -2.23. The number of hydrogen-bond acceptors (Lipinski definition) is 3. The van der Waals surface area contributed by atoms with Gasteiger partial charge in [-0.05, 0) is 42.0 Å². The van der Waals surface area contributed by atoms with Crippen molar-refractivity contribution in [3.8, 4) is 5.75 Å². The minimum atomic E-state index is -0.141. The van der Waals surface area contributed by atoms with Crippen LogP contribution in [0.15, 0.2) is 72.9 Å². The van der Waals surface area contributed by atoms with Crippen LogP contribution in [0.2, 0.25) is 5.15 Å². The summed E-state index contributed by atoms with van der Waals surface area (Å²) >= 11 is 5.83. The average molecular weight is 353 g/mol. The fourth-order valence-corrected chi connectivity index (χ4v) is 2.58. The molecule has 126 valence electrons. The molecule has 0 unspecified atom stereocenters. The Morgan fingerprint density at radius 3 is 2.36 bits per heavy atom. The summed E-state index contributed by atoms with van der Waals surface area (Å²) in [5.74, 6) is 0.599. The van der Waals surface area contributed by atoms with Crippen molar-refractivity contribution >= 4 is 23.2 Å². The molecule has 0 fully saturated rings. The third-order valence-electron chi connectivity index (χ3n) is 3.79. The van der Waals surface area contributed by atoms with E-state index < -0.39 is 0 Å². The number of pyridine rings is 1. The van der Waals surface area contributed by atoms with E-state index in [2.05, 4.69) is 4.98 Å². The number of rotatable bonds is 5. The summed E-state index contributed by atoms with van der Waals surface area (Å²) in [6.07, 6.45) is 1.49. The van der Waals surface area contributed by atoms with Gasteiger partial charge in [0.05, 0.1) is 19.2 Å². The van der Waals surface area contributed by atoms with E-state index in [-0.39, 0.29) is 5.91 Å². The molecule has 2 aromatic carbocycles. The van der Waals surface area contributed by atoms with Crippen LogP contribution in [0, 0.1) is 0 Å². The lowest BCUT2D eigenvalue weighted by atomic mass is 10.1. The van der Waals surface area contributed by atoms with Gasteiger partial charge >= 0.3 is 0 Å². The number of aromatic nitrogens is 1. The number of carbonyl (C=O) groups is 1. The fraction of sp³-hybridized carbons (Fsp3) is 0.100. The van der Waals surface area contributed by atoms with Gasteiger partial charge in [0.15, 0.2) is 0 Å². The number of ether oxygens (including phenoxy) is 1. The van der Waals surface area contributed by atoms with Crippen LogP contribution in [0.3, 0.4) is 0 Å². The van der Waals surface area contributed by atoms with Crippen LogP contribution in [0.4, 0.5) is 5.69 Å². The molecule has 0 atom stereocenters. The third kappa shape index (κ3) is 4.17. The Hall–Kier alpha value is -2.85. The molecule has 3 aromatic rings. The van der Waals surface area contributed by atoms with E-state index in [4.69, 9.17) is 16.3 Å². The quantitative estimate of drug-likeness (QED) is 0.631. The molecule has 0 aliphatic carbocycles. The molecule has 25 heavy (non-hydrogen) atoms. The van der Waals surface area contributed by atoms with Gasteiger partial charge in [0.2, 0.25) is 0 Å². The molecule has 0 radical (unpaired) electrons. The van der Waals surface area contributed by atoms with Crippen LogP contribution in [-0.2, 0) is 6.54 Å². The molecule has 3 rings (SSSR count). The molecule has 4 nitrogen and oxygen atoms in total. The van der Waals surface area contributed by atoms with E-state index in [1.807, 2.05) is 54.6 Å². The number of anilines is 1. The van der Waals surface area contributed by atoms with Gasteiger partial charge in [-0.15, -0.1) is 0 Å². The average Bonchev–Trinajstić information content (AvgIpc) is 2.67. The van der Waals surface area contributed by atoms with Gasteiger partial charge in [0.1, 0.15) is 10.9 Å². The minimum absolute atomic E-state index is 0.141. The molecule has 0 saturated carbocycles. The summed E-state index contributed by atoms with van der Waals surface area (Å²) in [5.41, 5.74) is 2.30. The highest BCUT2D eigenvalue weighted by atomic mass is 35.5. The van der Waals surface area contributed by atoms with Crippen molar-refractivity contribution < 1.29 is 9.53 Å². The minimum Gasteiger partial charge on any atom is -0.497 e. The van der Waals surface area contributed by atoms with Crippen LogP contribution in [0.5, 0.6) is 5.75 Å². The summed E-state index contributed by atoms with van der Waals surface area (Å²) in [6, 6.07) is 20.5. The number of nitrogens with zero attached hydrogens (tertiary/aromatic N) is 2. The maximum Gasteiger partial charge on any atom is 0.260 e. The number of carbonyl (C=O) groups excluding carboxylic acids is 1. The Balaban J connectivity index is 1.95. The van der Waals surface area contributed by atoms with Crippen LogP contribution in [0.1, 0.15) is 15.9 Å². The van der Waals surface area contributed by atoms with Gasteiger partial charge in [-0.25, -0.2) is 4.98 Å². The molecule has 0 N–H and O–H groups in total. The van der Waals surface area contributed by atoms with Crippen molar-refractivity contribution in [3.63, 3.8) is 0 Å². The second-order valence-corrected chi connectivity index (χ2v) is 5.83. The van der Waals surface area contributed by atoms with Crippen molar-refractivity contribution in [3.05, 3.63) is 89.2 Å². The standard InChI is InChI=1S/C20H17ClN2O2/c1-25-18-10-8-17(9-11-18)23(14-15-5-3-2-4-6-15)20(24)16-7-12-19(21)22-13-16/h2-13H,14H2,1H3. The first kappa shape index (κ1) is 17.0. The van der Waals surface area contributed by atoms with Gasteiger partial charge in [0.25, 0.3) is 5.91 Å². The number of benzene rings is 2. The Bertz CT molecular complexity index is 834. The molecule has 5 heteroatoms. The summed E-state index contributed by atoms with van der Waals surface area (Å²) in [5, 5.41) is 0.357. The van der Waals surface area contributed by atoms with Crippen molar-refractivity contribution in [2.45, 2.75) is 6.54 Å². The Labute approximate surface area is 151 Å². The molecule has 1 heterocycles. The second-order valence-electron chi connectivity index (χ2n) is 5.44. The van der Waals surface area contributed by atoms with E-state index in [0.717, 1.165) is 17.0 Å². The van der Waals surface area contributed by atoms with E-state index in [1.54, 1.807) is 24.1 Å². The zero-order valence-electron chi connectivity index (χ0n) is 13.7. The fourth-order valence-electron chi connectivity index (χ4n) is 2.47. The Morgan fingerprint density at radius 2 is 1.76 bits per heavy atom. The maximum atomic E-state index is 13.0. The second kappa shape index (κ2) is 7.81. The van der Waals surface area contributed by atoms with Gasteiger partial charge in [-0.2, -0.15) is 0 Å². The lowest BCUT2D eigenvalue weighted by molar-refractivity contribution is 0.0985. The first-order valence-electron chi connectivity index (χ1n) is 7.79. The van der Waals surface area contributed by atoms with E-state index in [9.17, 15) is 4.79 Å². The first-order chi connectivity index (χ1) is 12.2. The Morgan fingerprint density at radius 1 is 1.04 bits per heavy atom. The monoisotopic (exact) mass is 352 g/mol. The molecule has 1 aromatic heterocycles. The SMILES string of the molecule is COc1ccc(N(Cc2ccccc2)C(=O)c2ccc(Cl)nc2)cc1. The zero-order chi connectivity index (χ0) is 17.6. The smallest absolute Gasteiger partial charge is 0.260 e. The number of hydrogen-bond donors (Lipinski definition) is 0. The van der Waals surface area contributed by atoms with Gasteiger partial charge in [-0.1, -0.05) is 41.9 Å². The third-order valence-corrected chi connectivity index (χ3v) is 4.01. The number of methoxy groups -OCH3 is 1. The van der Waals surface area contributed by atoms with E-state index in [1.165, 1.54) is 6.20 Å². The maximum absolute atomic E-state index is 13.0. The van der Waals surface area contributed by atoms with Crippen molar-refractivity contribution in [1.29, 1.82) is 0 Å².